The molecule has 5 heteroatoms. The van der Waals surface area contributed by atoms with Crippen molar-refractivity contribution in [2.24, 2.45) is 0 Å². The number of nitrogens with one attached hydrogen (secondary N) is 1. The van der Waals surface area contributed by atoms with Gasteiger partial charge in [-0.1, -0.05) is 24.3 Å². The lowest BCUT2D eigenvalue weighted by Crippen LogP contribution is -2.50. The van der Waals surface area contributed by atoms with Crippen molar-refractivity contribution in [3.8, 4) is 5.75 Å². The zero-order valence-electron chi connectivity index (χ0n) is 16.9. The molecule has 2 aliphatic heterocycles. The van der Waals surface area contributed by atoms with Crippen LogP contribution in [0.4, 0.5) is 0 Å². The van der Waals surface area contributed by atoms with Crippen LogP contribution in [0, 0.1) is 0 Å². The number of hydrogen-bond donors (Lipinski definition) is 1. The van der Waals surface area contributed by atoms with Gasteiger partial charge in [-0.3, -0.25) is 9.69 Å². The van der Waals surface area contributed by atoms with Crippen LogP contribution < -0.4 is 10.1 Å². The monoisotopic (exact) mass is 410 g/mol. The summed E-state index contributed by atoms with van der Waals surface area (Å²) in [6, 6.07) is 13.1. The van der Waals surface area contributed by atoms with Gasteiger partial charge in [-0.2, -0.15) is 0 Å². The molecule has 3 heterocycles. The first-order valence-electron chi connectivity index (χ1n) is 11.0. The van der Waals surface area contributed by atoms with Crippen LogP contribution in [0.25, 0.3) is 0 Å². The van der Waals surface area contributed by atoms with E-state index in [0.717, 1.165) is 57.5 Å². The van der Waals surface area contributed by atoms with Crippen LogP contribution in [0.15, 0.2) is 41.8 Å². The van der Waals surface area contributed by atoms with Crippen LogP contribution in [0.3, 0.4) is 0 Å². The zero-order valence-corrected chi connectivity index (χ0v) is 17.8. The summed E-state index contributed by atoms with van der Waals surface area (Å²) in [6.45, 7) is 3.15. The Morgan fingerprint density at radius 2 is 2.00 bits per heavy atom. The molecule has 1 amide bonds. The summed E-state index contributed by atoms with van der Waals surface area (Å²) in [5.74, 6) is 1.46. The average Bonchev–Trinajstić information content (AvgIpc) is 3.20. The van der Waals surface area contributed by atoms with Gasteiger partial charge in [0.05, 0.1) is 0 Å². The summed E-state index contributed by atoms with van der Waals surface area (Å²) in [7, 11) is 0. The Bertz CT molecular complexity index is 838. The highest BCUT2D eigenvalue weighted by Crippen LogP contribution is 2.46. The number of likely N-dealkylation sites (tertiary alicyclic amines) is 1. The van der Waals surface area contributed by atoms with Crippen LogP contribution in [0.1, 0.15) is 61.3 Å². The number of nitrogens with zero attached hydrogens (tertiary/aromatic N) is 1. The average molecular weight is 411 g/mol. The first-order valence-corrected chi connectivity index (χ1v) is 11.9. The lowest BCUT2D eigenvalue weighted by molar-refractivity contribution is -0.123. The largest absolute Gasteiger partial charge is 0.487 e. The number of thiophene rings is 1. The molecule has 2 aromatic rings. The number of rotatable bonds is 5. The smallest absolute Gasteiger partial charge is 0.220 e. The summed E-state index contributed by atoms with van der Waals surface area (Å²) >= 11 is 1.84. The third-order valence-corrected chi connectivity index (χ3v) is 7.79. The van der Waals surface area contributed by atoms with Crippen molar-refractivity contribution in [2.75, 3.05) is 13.1 Å². The minimum absolute atomic E-state index is 0.123. The van der Waals surface area contributed by atoms with E-state index in [1.165, 1.54) is 16.9 Å². The second-order valence-electron chi connectivity index (χ2n) is 8.98. The van der Waals surface area contributed by atoms with Crippen molar-refractivity contribution in [1.82, 2.24) is 10.2 Å². The lowest BCUT2D eigenvalue weighted by Gasteiger charge is -2.47. The number of fused-ring (bicyclic) bond motifs is 1. The van der Waals surface area contributed by atoms with Gasteiger partial charge in [0.25, 0.3) is 0 Å². The molecule has 1 aliphatic carbocycles. The molecule has 0 radical (unpaired) electrons. The van der Waals surface area contributed by atoms with E-state index in [1.54, 1.807) is 0 Å². The Morgan fingerprint density at radius 1 is 1.17 bits per heavy atom. The summed E-state index contributed by atoms with van der Waals surface area (Å²) in [5, 5.41) is 5.38. The summed E-state index contributed by atoms with van der Waals surface area (Å²) in [6.07, 6.45) is 7.13. The van der Waals surface area contributed by atoms with Crippen LogP contribution in [0.5, 0.6) is 5.75 Å². The molecule has 1 aromatic carbocycles. The minimum atomic E-state index is -0.123. The molecule has 0 bridgehead atoms. The molecule has 1 saturated heterocycles. The highest BCUT2D eigenvalue weighted by atomic mass is 32.1. The molecule has 1 N–H and O–H groups in total. The van der Waals surface area contributed by atoms with Crippen molar-refractivity contribution < 1.29 is 9.53 Å². The van der Waals surface area contributed by atoms with Crippen LogP contribution in [0.2, 0.25) is 0 Å². The SMILES string of the molecule is O=C(C[C@H]1CC2(CCN(Cc3cccs3)CC2)Oc2ccccc21)NC1CCC1. The van der Waals surface area contributed by atoms with E-state index in [0.29, 0.717) is 12.5 Å². The van der Waals surface area contributed by atoms with Crippen LogP contribution in [-0.2, 0) is 11.3 Å². The molecule has 3 aliphatic rings. The molecule has 1 atom stereocenters. The fourth-order valence-corrected chi connectivity index (χ4v) is 5.78. The topological polar surface area (TPSA) is 41.6 Å². The maximum atomic E-state index is 12.7. The van der Waals surface area contributed by atoms with Gasteiger partial charge in [0.1, 0.15) is 11.4 Å². The minimum Gasteiger partial charge on any atom is -0.487 e. The lowest BCUT2D eigenvalue weighted by atomic mass is 9.76. The predicted molar refractivity (Wildman–Crippen MR) is 116 cm³/mol. The van der Waals surface area contributed by atoms with Crippen LogP contribution >= 0.6 is 11.3 Å². The number of hydrogen-bond acceptors (Lipinski definition) is 4. The number of piperidine rings is 1. The number of para-hydroxylation sites is 1. The Hall–Kier alpha value is -1.85. The highest BCUT2D eigenvalue weighted by molar-refractivity contribution is 7.09. The quantitative estimate of drug-likeness (QED) is 0.776. The number of carbonyl (C=O) groups is 1. The van der Waals surface area contributed by atoms with Crippen molar-refractivity contribution in [3.05, 3.63) is 52.2 Å². The molecule has 1 aromatic heterocycles. The van der Waals surface area contributed by atoms with Crippen molar-refractivity contribution in [2.45, 2.75) is 69.1 Å². The second kappa shape index (κ2) is 8.11. The first kappa shape index (κ1) is 19.1. The third-order valence-electron chi connectivity index (χ3n) is 6.93. The number of benzene rings is 1. The molecule has 2 fully saturated rings. The zero-order chi connectivity index (χ0) is 19.7. The van der Waals surface area contributed by atoms with Gasteiger partial charge in [-0.15, -0.1) is 11.3 Å². The number of ether oxygens (including phenoxy) is 1. The Labute approximate surface area is 177 Å². The van der Waals surface area contributed by atoms with E-state index >= 15 is 0 Å². The Balaban J connectivity index is 1.27. The first-order chi connectivity index (χ1) is 14.2. The highest BCUT2D eigenvalue weighted by Gasteiger charge is 2.43. The van der Waals surface area contributed by atoms with Gasteiger partial charge in [0.15, 0.2) is 0 Å². The molecule has 29 heavy (non-hydrogen) atoms. The summed E-state index contributed by atoms with van der Waals surface area (Å²) in [4.78, 5) is 16.6. The van der Waals surface area contributed by atoms with Crippen molar-refractivity contribution >= 4 is 17.2 Å². The van der Waals surface area contributed by atoms with E-state index < -0.39 is 0 Å². The normalized spacial score (nSPS) is 23.8. The molecular formula is C24H30N2O2S. The van der Waals surface area contributed by atoms with Gasteiger partial charge in [0.2, 0.25) is 5.91 Å². The van der Waals surface area contributed by atoms with E-state index in [9.17, 15) is 4.79 Å². The van der Waals surface area contributed by atoms with Gasteiger partial charge in [0, 0.05) is 42.9 Å². The van der Waals surface area contributed by atoms with Crippen molar-refractivity contribution in [3.63, 3.8) is 0 Å². The summed E-state index contributed by atoms with van der Waals surface area (Å²) in [5.41, 5.74) is 1.09. The molecule has 154 valence electrons. The second-order valence-corrected chi connectivity index (χ2v) is 10.0. The molecule has 1 spiro atoms. The molecule has 0 unspecified atom stereocenters. The van der Waals surface area contributed by atoms with Crippen molar-refractivity contribution in [1.29, 1.82) is 0 Å². The predicted octanol–water partition coefficient (Wildman–Crippen LogP) is 4.71. The number of amides is 1. The Morgan fingerprint density at radius 3 is 2.72 bits per heavy atom. The van der Waals surface area contributed by atoms with Gasteiger partial charge >= 0.3 is 0 Å². The van der Waals surface area contributed by atoms with E-state index in [-0.39, 0.29) is 17.4 Å². The molecule has 4 nitrogen and oxygen atoms in total. The van der Waals surface area contributed by atoms with Gasteiger partial charge < -0.3 is 10.1 Å². The molecule has 1 saturated carbocycles. The molecule has 5 rings (SSSR count). The van der Waals surface area contributed by atoms with E-state index in [4.69, 9.17) is 4.74 Å². The van der Waals surface area contributed by atoms with Gasteiger partial charge in [-0.05, 0) is 61.6 Å². The maximum absolute atomic E-state index is 12.7. The van der Waals surface area contributed by atoms with Crippen LogP contribution in [-0.4, -0.2) is 35.5 Å². The summed E-state index contributed by atoms with van der Waals surface area (Å²) < 4.78 is 6.61. The third kappa shape index (κ3) is 4.22. The number of carbonyl (C=O) groups excluding carboxylic acids is 1. The maximum Gasteiger partial charge on any atom is 0.220 e. The molecular weight excluding hydrogens is 380 g/mol. The fourth-order valence-electron chi connectivity index (χ4n) is 5.04. The Kier molecular flexibility index (Phi) is 5.35. The van der Waals surface area contributed by atoms with E-state index in [1.807, 2.05) is 11.3 Å². The van der Waals surface area contributed by atoms with E-state index in [2.05, 4.69) is 52.0 Å². The fraction of sp³-hybridized carbons (Fsp3) is 0.542. The van der Waals surface area contributed by atoms with Gasteiger partial charge in [-0.25, -0.2) is 0 Å². The standard InChI is InChI=1S/C24H30N2O2S/c27-23(25-19-5-3-6-19)15-18-16-24(28-22-9-2-1-8-21(18)22)10-12-26(13-11-24)17-20-7-4-14-29-20/h1-2,4,7-9,14,18-19H,3,5-6,10-13,15-17H2,(H,25,27)/t18-/m0/s1.